The minimum atomic E-state index is -0.313. The summed E-state index contributed by atoms with van der Waals surface area (Å²) in [5.74, 6) is 0.379. The fourth-order valence-electron chi connectivity index (χ4n) is 3.04. The molecule has 7 heteroatoms. The van der Waals surface area contributed by atoms with Crippen LogP contribution in [0.3, 0.4) is 0 Å². The van der Waals surface area contributed by atoms with Crippen LogP contribution in [0, 0.1) is 16.0 Å². The Morgan fingerprint density at radius 1 is 1.57 bits per heavy atom. The third kappa shape index (κ3) is 2.47. The molecule has 1 saturated heterocycles. The first-order chi connectivity index (χ1) is 10.1. The number of piperidine rings is 1. The van der Waals surface area contributed by atoms with E-state index in [0.29, 0.717) is 17.1 Å². The number of benzene rings is 1. The first kappa shape index (κ1) is 14.2. The lowest BCUT2D eigenvalue weighted by Gasteiger charge is -2.37. The Kier molecular flexibility index (Phi) is 3.77. The Labute approximate surface area is 126 Å². The number of nitro benzene ring substituents is 1. The van der Waals surface area contributed by atoms with Crippen molar-refractivity contribution < 1.29 is 4.92 Å². The van der Waals surface area contributed by atoms with Gasteiger partial charge in [0.05, 0.1) is 15.1 Å². The van der Waals surface area contributed by atoms with E-state index in [1.165, 1.54) is 11.3 Å². The van der Waals surface area contributed by atoms with Crippen molar-refractivity contribution >= 4 is 32.9 Å². The Morgan fingerprint density at radius 2 is 2.38 bits per heavy atom. The fraction of sp³-hybridized carbons (Fsp3) is 0.500. The molecule has 3 rings (SSSR count). The van der Waals surface area contributed by atoms with E-state index in [4.69, 9.17) is 5.73 Å². The van der Waals surface area contributed by atoms with Crippen LogP contribution in [0.4, 0.5) is 11.4 Å². The highest BCUT2D eigenvalue weighted by Crippen LogP contribution is 2.38. The zero-order valence-corrected chi connectivity index (χ0v) is 12.7. The Hall–Kier alpha value is -1.73. The standard InChI is InChI=1S/C14H18N4O2S/c1-2-9-7-17(6-5-10(9)15)11-3-4-12-13(16-8-21-12)14(11)18(19)20/h3-4,8-10H,2,5-7,15H2,1H3. The maximum atomic E-state index is 11.5. The van der Waals surface area contributed by atoms with Gasteiger partial charge in [0.2, 0.25) is 0 Å². The number of aromatic nitrogens is 1. The van der Waals surface area contributed by atoms with Gasteiger partial charge in [0.15, 0.2) is 5.52 Å². The molecule has 21 heavy (non-hydrogen) atoms. The van der Waals surface area contributed by atoms with Gasteiger partial charge in [-0.25, -0.2) is 4.98 Å². The second-order valence-electron chi connectivity index (χ2n) is 5.46. The van der Waals surface area contributed by atoms with Crippen LogP contribution in [0.5, 0.6) is 0 Å². The molecule has 1 aliphatic rings. The molecule has 0 bridgehead atoms. The quantitative estimate of drug-likeness (QED) is 0.696. The van der Waals surface area contributed by atoms with Gasteiger partial charge in [-0.05, 0) is 24.5 Å². The predicted molar refractivity (Wildman–Crippen MR) is 84.9 cm³/mol. The molecule has 2 unspecified atom stereocenters. The molecule has 2 N–H and O–H groups in total. The summed E-state index contributed by atoms with van der Waals surface area (Å²) in [7, 11) is 0. The van der Waals surface area contributed by atoms with E-state index in [2.05, 4.69) is 16.8 Å². The van der Waals surface area contributed by atoms with Crippen LogP contribution in [0.1, 0.15) is 19.8 Å². The summed E-state index contributed by atoms with van der Waals surface area (Å²) in [5.41, 5.74) is 9.07. The van der Waals surface area contributed by atoms with Crippen molar-refractivity contribution in [3.8, 4) is 0 Å². The van der Waals surface area contributed by atoms with Crippen molar-refractivity contribution in [3.05, 3.63) is 27.8 Å². The number of fused-ring (bicyclic) bond motifs is 1. The molecule has 6 nitrogen and oxygen atoms in total. The third-order valence-corrected chi connectivity index (χ3v) is 5.09. The van der Waals surface area contributed by atoms with Gasteiger partial charge in [-0.1, -0.05) is 13.3 Å². The highest BCUT2D eigenvalue weighted by atomic mass is 32.1. The minimum absolute atomic E-state index is 0.124. The summed E-state index contributed by atoms with van der Waals surface area (Å²) in [6.45, 7) is 3.65. The summed E-state index contributed by atoms with van der Waals surface area (Å²) < 4.78 is 0.853. The molecule has 2 heterocycles. The molecule has 0 spiro atoms. The third-order valence-electron chi connectivity index (χ3n) is 4.29. The van der Waals surface area contributed by atoms with E-state index in [9.17, 15) is 10.1 Å². The normalized spacial score (nSPS) is 22.7. The number of nitrogens with zero attached hydrogens (tertiary/aromatic N) is 3. The van der Waals surface area contributed by atoms with Gasteiger partial charge in [0.1, 0.15) is 5.69 Å². The molecule has 2 aromatic rings. The average molecular weight is 306 g/mol. The van der Waals surface area contributed by atoms with E-state index in [1.807, 2.05) is 12.1 Å². The number of hydrogen-bond donors (Lipinski definition) is 1. The number of nitrogens with two attached hydrogens (primary N) is 1. The molecule has 0 amide bonds. The van der Waals surface area contributed by atoms with Crippen LogP contribution < -0.4 is 10.6 Å². The molecule has 1 fully saturated rings. The van der Waals surface area contributed by atoms with Gasteiger partial charge in [-0.2, -0.15) is 0 Å². The number of rotatable bonds is 3. The van der Waals surface area contributed by atoms with Crippen molar-refractivity contribution in [2.75, 3.05) is 18.0 Å². The van der Waals surface area contributed by atoms with E-state index in [-0.39, 0.29) is 16.7 Å². The van der Waals surface area contributed by atoms with Crippen LogP contribution in [-0.2, 0) is 0 Å². The second kappa shape index (κ2) is 5.57. The maximum Gasteiger partial charge on any atom is 0.319 e. The summed E-state index contributed by atoms with van der Waals surface area (Å²) >= 11 is 1.43. The first-order valence-corrected chi connectivity index (χ1v) is 8.01. The largest absolute Gasteiger partial charge is 0.366 e. The van der Waals surface area contributed by atoms with Gasteiger partial charge < -0.3 is 10.6 Å². The van der Waals surface area contributed by atoms with Gasteiger partial charge in [-0.15, -0.1) is 11.3 Å². The van der Waals surface area contributed by atoms with Gasteiger partial charge in [-0.3, -0.25) is 10.1 Å². The zero-order chi connectivity index (χ0) is 15.0. The lowest BCUT2D eigenvalue weighted by molar-refractivity contribution is -0.382. The molecule has 0 aliphatic carbocycles. The Morgan fingerprint density at radius 3 is 3.10 bits per heavy atom. The predicted octanol–water partition coefficient (Wildman–Crippen LogP) is 2.77. The smallest absolute Gasteiger partial charge is 0.319 e. The Balaban J connectivity index is 2.03. The SMILES string of the molecule is CCC1CN(c2ccc3scnc3c2[N+](=O)[O-])CCC1N. The molecular formula is C14H18N4O2S. The molecule has 0 saturated carbocycles. The van der Waals surface area contributed by atoms with Crippen molar-refractivity contribution in [3.63, 3.8) is 0 Å². The first-order valence-electron chi connectivity index (χ1n) is 7.13. The molecule has 112 valence electrons. The number of anilines is 1. The zero-order valence-electron chi connectivity index (χ0n) is 11.9. The van der Waals surface area contributed by atoms with E-state index >= 15 is 0 Å². The highest BCUT2D eigenvalue weighted by molar-refractivity contribution is 7.16. The Bertz CT molecular complexity index is 672. The number of nitro groups is 1. The molecular weight excluding hydrogens is 288 g/mol. The summed E-state index contributed by atoms with van der Waals surface area (Å²) in [4.78, 5) is 17.5. The maximum absolute atomic E-state index is 11.5. The van der Waals surface area contributed by atoms with Crippen molar-refractivity contribution in [1.29, 1.82) is 0 Å². The van der Waals surface area contributed by atoms with Gasteiger partial charge in [0, 0.05) is 19.1 Å². The van der Waals surface area contributed by atoms with Crippen LogP contribution in [0.2, 0.25) is 0 Å². The monoisotopic (exact) mass is 306 g/mol. The molecule has 1 aromatic heterocycles. The lowest BCUT2D eigenvalue weighted by Crippen LogP contribution is -2.47. The summed E-state index contributed by atoms with van der Waals surface area (Å²) in [6, 6.07) is 3.96. The van der Waals surface area contributed by atoms with Crippen LogP contribution in [-0.4, -0.2) is 29.0 Å². The lowest BCUT2D eigenvalue weighted by atomic mass is 9.90. The second-order valence-corrected chi connectivity index (χ2v) is 6.34. The molecule has 2 atom stereocenters. The minimum Gasteiger partial charge on any atom is -0.366 e. The van der Waals surface area contributed by atoms with E-state index < -0.39 is 0 Å². The van der Waals surface area contributed by atoms with Crippen molar-refractivity contribution in [2.24, 2.45) is 11.7 Å². The molecule has 1 aromatic carbocycles. The van der Waals surface area contributed by atoms with Crippen LogP contribution in [0.15, 0.2) is 17.6 Å². The van der Waals surface area contributed by atoms with E-state index in [0.717, 1.165) is 30.6 Å². The summed E-state index contributed by atoms with van der Waals surface area (Å²) in [5, 5.41) is 11.5. The van der Waals surface area contributed by atoms with Crippen molar-refractivity contribution in [1.82, 2.24) is 4.98 Å². The van der Waals surface area contributed by atoms with E-state index in [1.54, 1.807) is 5.51 Å². The highest BCUT2D eigenvalue weighted by Gasteiger charge is 2.30. The fourth-order valence-corrected chi connectivity index (χ4v) is 3.72. The topological polar surface area (TPSA) is 85.3 Å². The van der Waals surface area contributed by atoms with Crippen LogP contribution >= 0.6 is 11.3 Å². The average Bonchev–Trinajstić information content (AvgIpc) is 2.94. The number of hydrogen-bond acceptors (Lipinski definition) is 6. The van der Waals surface area contributed by atoms with Gasteiger partial charge in [0.25, 0.3) is 0 Å². The summed E-state index contributed by atoms with van der Waals surface area (Å²) in [6.07, 6.45) is 1.86. The molecule has 1 aliphatic heterocycles. The molecule has 0 radical (unpaired) electrons. The number of thiazole rings is 1. The van der Waals surface area contributed by atoms with Crippen molar-refractivity contribution in [2.45, 2.75) is 25.8 Å². The van der Waals surface area contributed by atoms with Gasteiger partial charge >= 0.3 is 5.69 Å². The van der Waals surface area contributed by atoms with Crippen LogP contribution in [0.25, 0.3) is 10.2 Å².